The minimum absolute atomic E-state index is 0.0552. The predicted molar refractivity (Wildman–Crippen MR) is 101 cm³/mol. The van der Waals surface area contributed by atoms with Crippen molar-refractivity contribution in [2.75, 3.05) is 46.0 Å². The van der Waals surface area contributed by atoms with Crippen LogP contribution in [0.4, 0.5) is 0 Å². The highest BCUT2D eigenvalue weighted by Crippen LogP contribution is 2.27. The van der Waals surface area contributed by atoms with Crippen LogP contribution in [0.2, 0.25) is 10.0 Å². The number of carbonyl (C=O) groups excluding carboxylic acids is 1. The van der Waals surface area contributed by atoms with Gasteiger partial charge in [-0.1, -0.05) is 30.1 Å². The van der Waals surface area contributed by atoms with Gasteiger partial charge in [-0.3, -0.25) is 9.69 Å². The number of ether oxygens (including phenoxy) is 2. The highest BCUT2D eigenvalue weighted by molar-refractivity contribution is 6.35. The first-order chi connectivity index (χ1) is 12.0. The molecule has 1 aromatic rings. The largest absolute Gasteiger partial charge is 0.492 e. The number of hydrogen-bond donors (Lipinski definition) is 1. The van der Waals surface area contributed by atoms with Gasteiger partial charge in [0.15, 0.2) is 0 Å². The van der Waals surface area contributed by atoms with Gasteiger partial charge >= 0.3 is 0 Å². The number of hydrogen-bond acceptors (Lipinski definition) is 4. The molecule has 0 spiro atoms. The van der Waals surface area contributed by atoms with Gasteiger partial charge in [0, 0.05) is 37.6 Å². The molecule has 1 amide bonds. The molecule has 25 heavy (non-hydrogen) atoms. The first-order valence-electron chi connectivity index (χ1n) is 8.69. The third kappa shape index (κ3) is 7.82. The topological polar surface area (TPSA) is 50.8 Å². The van der Waals surface area contributed by atoms with E-state index < -0.39 is 0 Å². The van der Waals surface area contributed by atoms with Gasteiger partial charge in [0.1, 0.15) is 5.75 Å². The van der Waals surface area contributed by atoms with Crippen LogP contribution in [-0.2, 0) is 9.53 Å². The first kappa shape index (κ1) is 20.3. The molecule has 1 heterocycles. The summed E-state index contributed by atoms with van der Waals surface area (Å²) in [4.78, 5) is 14.3. The molecule has 0 saturated carbocycles. The third-order valence-corrected chi connectivity index (χ3v) is 4.55. The number of benzene rings is 1. The summed E-state index contributed by atoms with van der Waals surface area (Å²) in [5.74, 6) is 1.07. The minimum atomic E-state index is 0.0552. The maximum absolute atomic E-state index is 11.9. The fourth-order valence-corrected chi connectivity index (χ4v) is 3.14. The molecular weight excluding hydrogens is 363 g/mol. The fourth-order valence-electron chi connectivity index (χ4n) is 2.67. The van der Waals surface area contributed by atoms with Gasteiger partial charge in [-0.25, -0.2) is 0 Å². The zero-order valence-electron chi connectivity index (χ0n) is 14.6. The lowest BCUT2D eigenvalue weighted by Gasteiger charge is -2.29. The minimum Gasteiger partial charge on any atom is -0.492 e. The summed E-state index contributed by atoms with van der Waals surface area (Å²) in [5, 5.41) is 4.05. The van der Waals surface area contributed by atoms with E-state index in [-0.39, 0.29) is 5.91 Å². The van der Waals surface area contributed by atoms with E-state index in [1.54, 1.807) is 18.2 Å². The summed E-state index contributed by atoms with van der Waals surface area (Å²) in [5.41, 5.74) is 0. The summed E-state index contributed by atoms with van der Waals surface area (Å²) in [6, 6.07) is 5.10. The van der Waals surface area contributed by atoms with Gasteiger partial charge in [-0.15, -0.1) is 0 Å². The number of rotatable bonds is 9. The van der Waals surface area contributed by atoms with E-state index in [0.29, 0.717) is 47.7 Å². The van der Waals surface area contributed by atoms with Crippen molar-refractivity contribution in [2.24, 2.45) is 5.92 Å². The number of halogens is 2. The predicted octanol–water partition coefficient (Wildman–Crippen LogP) is 3.24. The lowest BCUT2D eigenvalue weighted by atomic mass is 10.1. The van der Waals surface area contributed by atoms with Crippen molar-refractivity contribution in [1.82, 2.24) is 10.2 Å². The molecular formula is C18H26Cl2N2O3. The fraction of sp³-hybridized carbons (Fsp3) is 0.611. The molecule has 7 heteroatoms. The summed E-state index contributed by atoms with van der Waals surface area (Å²) in [6.45, 7) is 7.83. The monoisotopic (exact) mass is 388 g/mol. The number of nitrogens with one attached hydrogen (secondary N) is 1. The van der Waals surface area contributed by atoms with Gasteiger partial charge in [0.25, 0.3) is 0 Å². The second-order valence-corrected chi connectivity index (χ2v) is 7.19. The van der Waals surface area contributed by atoms with Gasteiger partial charge in [0.2, 0.25) is 5.91 Å². The molecule has 140 valence electrons. The van der Waals surface area contributed by atoms with E-state index in [0.717, 1.165) is 32.8 Å². The van der Waals surface area contributed by atoms with Crippen molar-refractivity contribution in [3.8, 4) is 5.75 Å². The molecule has 1 fully saturated rings. The second kappa shape index (κ2) is 10.9. The van der Waals surface area contributed by atoms with Crippen molar-refractivity contribution in [3.63, 3.8) is 0 Å². The number of amides is 1. The first-order valence-corrected chi connectivity index (χ1v) is 9.45. The molecule has 2 rings (SSSR count). The Balaban J connectivity index is 1.55. The van der Waals surface area contributed by atoms with Gasteiger partial charge in [-0.05, 0) is 30.5 Å². The van der Waals surface area contributed by atoms with Gasteiger partial charge in [-0.2, -0.15) is 0 Å². The molecule has 1 aliphatic rings. The zero-order valence-corrected chi connectivity index (χ0v) is 16.1. The van der Waals surface area contributed by atoms with Crippen molar-refractivity contribution < 1.29 is 14.3 Å². The van der Waals surface area contributed by atoms with E-state index >= 15 is 0 Å². The van der Waals surface area contributed by atoms with E-state index in [9.17, 15) is 4.79 Å². The summed E-state index contributed by atoms with van der Waals surface area (Å²) >= 11 is 11.9. The van der Waals surface area contributed by atoms with Crippen LogP contribution in [0.15, 0.2) is 18.2 Å². The number of nitrogens with zero attached hydrogens (tertiary/aromatic N) is 1. The van der Waals surface area contributed by atoms with Crippen LogP contribution in [0.5, 0.6) is 5.75 Å². The SMILES string of the molecule is CC(CNC(=O)CCCOc1ccc(Cl)cc1Cl)CN1CCOCC1. The van der Waals surface area contributed by atoms with E-state index in [1.807, 2.05) is 0 Å². The second-order valence-electron chi connectivity index (χ2n) is 6.35. The third-order valence-electron chi connectivity index (χ3n) is 4.02. The maximum atomic E-state index is 11.9. The summed E-state index contributed by atoms with van der Waals surface area (Å²) < 4.78 is 10.9. The Labute approximate surface area is 159 Å². The summed E-state index contributed by atoms with van der Waals surface area (Å²) in [7, 11) is 0. The van der Waals surface area contributed by atoms with Crippen molar-refractivity contribution in [2.45, 2.75) is 19.8 Å². The van der Waals surface area contributed by atoms with E-state index in [1.165, 1.54) is 0 Å². The average molecular weight is 389 g/mol. The molecule has 1 saturated heterocycles. The van der Waals surface area contributed by atoms with E-state index in [4.69, 9.17) is 32.7 Å². The van der Waals surface area contributed by atoms with Crippen LogP contribution in [0, 0.1) is 5.92 Å². The van der Waals surface area contributed by atoms with Crippen LogP contribution >= 0.6 is 23.2 Å². The molecule has 0 aliphatic carbocycles. The Morgan fingerprint density at radius 2 is 2.12 bits per heavy atom. The Morgan fingerprint density at radius 1 is 1.36 bits per heavy atom. The average Bonchev–Trinajstić information content (AvgIpc) is 2.59. The maximum Gasteiger partial charge on any atom is 0.220 e. The molecule has 1 aliphatic heterocycles. The number of morpholine rings is 1. The number of carbonyl (C=O) groups is 1. The van der Waals surface area contributed by atoms with Crippen molar-refractivity contribution >= 4 is 29.1 Å². The molecule has 0 aromatic heterocycles. The van der Waals surface area contributed by atoms with Crippen LogP contribution in [0.25, 0.3) is 0 Å². The Morgan fingerprint density at radius 3 is 2.84 bits per heavy atom. The highest BCUT2D eigenvalue weighted by atomic mass is 35.5. The lowest BCUT2D eigenvalue weighted by Crippen LogP contribution is -2.41. The zero-order chi connectivity index (χ0) is 18.1. The molecule has 1 aromatic carbocycles. The van der Waals surface area contributed by atoms with Crippen LogP contribution in [-0.4, -0.2) is 56.8 Å². The molecule has 1 atom stereocenters. The Bertz CT molecular complexity index is 551. The normalized spacial score (nSPS) is 16.4. The molecule has 0 radical (unpaired) electrons. The quantitative estimate of drug-likeness (QED) is 0.659. The highest BCUT2D eigenvalue weighted by Gasteiger charge is 2.14. The Hall–Kier alpha value is -1.01. The van der Waals surface area contributed by atoms with Crippen LogP contribution in [0.3, 0.4) is 0 Å². The summed E-state index contributed by atoms with van der Waals surface area (Å²) in [6.07, 6.45) is 1.08. The van der Waals surface area contributed by atoms with Crippen LogP contribution < -0.4 is 10.1 Å². The van der Waals surface area contributed by atoms with Crippen molar-refractivity contribution in [3.05, 3.63) is 28.2 Å². The molecule has 1 unspecified atom stereocenters. The standard InChI is InChI=1S/C18H26Cl2N2O3/c1-14(13-22-6-9-24-10-7-22)12-21-18(23)3-2-8-25-17-5-4-15(19)11-16(17)20/h4-5,11,14H,2-3,6-10,12-13H2,1H3,(H,21,23). The molecule has 0 bridgehead atoms. The molecule has 5 nitrogen and oxygen atoms in total. The van der Waals surface area contributed by atoms with Crippen LogP contribution in [0.1, 0.15) is 19.8 Å². The van der Waals surface area contributed by atoms with Gasteiger partial charge < -0.3 is 14.8 Å². The molecule has 1 N–H and O–H groups in total. The smallest absolute Gasteiger partial charge is 0.220 e. The van der Waals surface area contributed by atoms with Gasteiger partial charge in [0.05, 0.1) is 24.8 Å². The van der Waals surface area contributed by atoms with Crippen molar-refractivity contribution in [1.29, 1.82) is 0 Å². The van der Waals surface area contributed by atoms with E-state index in [2.05, 4.69) is 17.1 Å². The Kier molecular flexibility index (Phi) is 8.82. The lowest BCUT2D eigenvalue weighted by molar-refractivity contribution is -0.121.